The van der Waals surface area contributed by atoms with E-state index in [1.807, 2.05) is 4.68 Å². The van der Waals surface area contributed by atoms with Crippen molar-refractivity contribution < 1.29 is 4.39 Å². The molecule has 1 aromatic heterocycles. The van der Waals surface area contributed by atoms with Gasteiger partial charge in [-0.1, -0.05) is 28.9 Å². The summed E-state index contributed by atoms with van der Waals surface area (Å²) in [6, 6.07) is 6.71. The summed E-state index contributed by atoms with van der Waals surface area (Å²) in [5.74, 6) is 5.47. The highest BCUT2D eigenvalue weighted by Crippen LogP contribution is 2.25. The van der Waals surface area contributed by atoms with Crippen molar-refractivity contribution in [3.8, 4) is 0 Å². The van der Waals surface area contributed by atoms with Crippen molar-refractivity contribution in [2.75, 3.05) is 0 Å². The van der Waals surface area contributed by atoms with Crippen molar-refractivity contribution in [2.24, 2.45) is 5.84 Å². The molecule has 0 bridgehead atoms. The molecule has 0 aliphatic rings. The second-order valence-corrected chi connectivity index (χ2v) is 5.74. The third kappa shape index (κ3) is 3.70. The average Bonchev–Trinajstić information content (AvgIpc) is 2.90. The Kier molecular flexibility index (Phi) is 5.50. The van der Waals surface area contributed by atoms with E-state index in [-0.39, 0.29) is 11.9 Å². The van der Waals surface area contributed by atoms with Gasteiger partial charge >= 0.3 is 0 Å². The van der Waals surface area contributed by atoms with Gasteiger partial charge in [0, 0.05) is 11.0 Å². The summed E-state index contributed by atoms with van der Waals surface area (Å²) in [5, 5.41) is 4.54. The summed E-state index contributed by atoms with van der Waals surface area (Å²) in [5.41, 5.74) is 5.94. The molecule has 6 heteroatoms. The number of hydrogen-bond acceptors (Lipinski definition) is 3. The number of aromatic nitrogens is 2. The van der Waals surface area contributed by atoms with Crippen LogP contribution in [0.25, 0.3) is 0 Å². The van der Waals surface area contributed by atoms with Crippen LogP contribution in [0.4, 0.5) is 4.39 Å². The molecule has 1 atom stereocenters. The van der Waals surface area contributed by atoms with Crippen LogP contribution in [0.5, 0.6) is 0 Å². The first-order valence-corrected chi connectivity index (χ1v) is 7.85. The van der Waals surface area contributed by atoms with Crippen LogP contribution in [0.1, 0.15) is 36.8 Å². The number of nitrogens with one attached hydrogen (secondary N) is 1. The van der Waals surface area contributed by atoms with Crippen LogP contribution >= 0.6 is 15.9 Å². The zero-order valence-electron chi connectivity index (χ0n) is 12.2. The van der Waals surface area contributed by atoms with Gasteiger partial charge in [-0.05, 0) is 43.5 Å². The van der Waals surface area contributed by atoms with Crippen molar-refractivity contribution >= 4 is 15.9 Å². The Balaban J connectivity index is 2.29. The summed E-state index contributed by atoms with van der Waals surface area (Å²) in [6.45, 7) is 4.92. The Hall–Kier alpha value is -1.24. The van der Waals surface area contributed by atoms with E-state index >= 15 is 0 Å². The Labute approximate surface area is 132 Å². The minimum absolute atomic E-state index is 0.0699. The number of benzene rings is 1. The van der Waals surface area contributed by atoms with Crippen LogP contribution in [0.2, 0.25) is 0 Å². The van der Waals surface area contributed by atoms with Crippen molar-refractivity contribution in [2.45, 2.75) is 39.3 Å². The average molecular weight is 355 g/mol. The molecule has 3 N–H and O–H groups in total. The van der Waals surface area contributed by atoms with Gasteiger partial charge in [0.05, 0.1) is 17.4 Å². The monoisotopic (exact) mass is 354 g/mol. The second-order valence-electron chi connectivity index (χ2n) is 4.89. The van der Waals surface area contributed by atoms with E-state index in [1.165, 1.54) is 12.1 Å². The lowest BCUT2D eigenvalue weighted by Crippen LogP contribution is -2.31. The van der Waals surface area contributed by atoms with Crippen molar-refractivity contribution in [1.29, 1.82) is 0 Å². The summed E-state index contributed by atoms with van der Waals surface area (Å²) < 4.78 is 15.9. The van der Waals surface area contributed by atoms with Crippen LogP contribution in [0.15, 0.2) is 28.7 Å². The zero-order valence-corrected chi connectivity index (χ0v) is 13.8. The van der Waals surface area contributed by atoms with E-state index < -0.39 is 0 Å². The molecule has 2 rings (SSSR count). The van der Waals surface area contributed by atoms with Crippen LogP contribution in [-0.2, 0) is 19.4 Å². The number of rotatable bonds is 6. The van der Waals surface area contributed by atoms with E-state index in [0.29, 0.717) is 6.42 Å². The van der Waals surface area contributed by atoms with Crippen LogP contribution in [-0.4, -0.2) is 9.78 Å². The Bertz CT molecular complexity index is 612. The maximum Gasteiger partial charge on any atom is 0.124 e. The summed E-state index contributed by atoms with van der Waals surface area (Å²) in [6.07, 6.45) is 1.55. The van der Waals surface area contributed by atoms with Crippen LogP contribution < -0.4 is 11.3 Å². The number of hydrogen-bond donors (Lipinski definition) is 2. The van der Waals surface area contributed by atoms with Gasteiger partial charge in [0.25, 0.3) is 0 Å². The SMILES string of the molecule is CCc1cc(C(Cc2ccc(F)cc2Br)NN)n(CC)n1. The van der Waals surface area contributed by atoms with Gasteiger partial charge in [0.1, 0.15) is 5.82 Å². The molecule has 0 fully saturated rings. The van der Waals surface area contributed by atoms with E-state index in [0.717, 1.165) is 34.4 Å². The Morgan fingerprint density at radius 1 is 1.38 bits per heavy atom. The van der Waals surface area contributed by atoms with E-state index in [9.17, 15) is 4.39 Å². The van der Waals surface area contributed by atoms with E-state index in [1.54, 1.807) is 6.07 Å². The molecule has 1 unspecified atom stereocenters. The molecular weight excluding hydrogens is 335 g/mol. The van der Waals surface area contributed by atoms with Gasteiger partial charge in [-0.3, -0.25) is 16.0 Å². The second kappa shape index (κ2) is 7.15. The largest absolute Gasteiger partial charge is 0.271 e. The Morgan fingerprint density at radius 3 is 2.71 bits per heavy atom. The number of nitrogens with zero attached hydrogens (tertiary/aromatic N) is 2. The summed E-state index contributed by atoms with van der Waals surface area (Å²) in [7, 11) is 0. The molecule has 0 saturated carbocycles. The molecule has 1 aromatic carbocycles. The quantitative estimate of drug-likeness (QED) is 0.618. The van der Waals surface area contributed by atoms with E-state index in [2.05, 4.69) is 46.4 Å². The smallest absolute Gasteiger partial charge is 0.124 e. The normalized spacial score (nSPS) is 12.6. The molecule has 0 amide bonds. The topological polar surface area (TPSA) is 55.9 Å². The van der Waals surface area contributed by atoms with Gasteiger partial charge in [-0.25, -0.2) is 4.39 Å². The molecule has 21 heavy (non-hydrogen) atoms. The molecule has 114 valence electrons. The fraction of sp³-hybridized carbons (Fsp3) is 0.400. The molecule has 0 aliphatic carbocycles. The highest BCUT2D eigenvalue weighted by molar-refractivity contribution is 9.10. The predicted molar refractivity (Wildman–Crippen MR) is 85.1 cm³/mol. The van der Waals surface area contributed by atoms with Crippen LogP contribution in [0.3, 0.4) is 0 Å². The number of nitrogens with two attached hydrogens (primary N) is 1. The summed E-state index contributed by atoms with van der Waals surface area (Å²) in [4.78, 5) is 0. The number of aryl methyl sites for hydroxylation is 2. The highest BCUT2D eigenvalue weighted by Gasteiger charge is 2.18. The Morgan fingerprint density at radius 2 is 2.14 bits per heavy atom. The fourth-order valence-electron chi connectivity index (χ4n) is 2.35. The first-order valence-electron chi connectivity index (χ1n) is 7.05. The minimum atomic E-state index is -0.255. The third-order valence-electron chi connectivity index (χ3n) is 3.52. The number of hydrazine groups is 1. The lowest BCUT2D eigenvalue weighted by atomic mass is 10.0. The van der Waals surface area contributed by atoms with Crippen molar-refractivity contribution in [3.05, 3.63) is 51.5 Å². The predicted octanol–water partition coefficient (Wildman–Crippen LogP) is 3.11. The van der Waals surface area contributed by atoms with E-state index in [4.69, 9.17) is 5.84 Å². The zero-order chi connectivity index (χ0) is 15.4. The van der Waals surface area contributed by atoms with Gasteiger partial charge in [0.2, 0.25) is 0 Å². The fourth-order valence-corrected chi connectivity index (χ4v) is 2.86. The lowest BCUT2D eigenvalue weighted by Gasteiger charge is -2.18. The standard InChI is InChI=1S/C15H20BrFN4/c1-3-12-9-15(21(4-2)20-12)14(19-18)7-10-5-6-11(17)8-13(10)16/h5-6,8-9,14,19H,3-4,7,18H2,1-2H3. The first-order chi connectivity index (χ1) is 10.1. The maximum absolute atomic E-state index is 13.2. The van der Waals surface area contributed by atoms with Gasteiger partial charge in [0.15, 0.2) is 0 Å². The molecule has 0 saturated heterocycles. The lowest BCUT2D eigenvalue weighted by molar-refractivity contribution is 0.489. The molecule has 0 spiro atoms. The van der Waals surface area contributed by atoms with Gasteiger partial charge < -0.3 is 0 Å². The van der Waals surface area contributed by atoms with Gasteiger partial charge in [-0.2, -0.15) is 5.10 Å². The molecule has 2 aromatic rings. The maximum atomic E-state index is 13.2. The molecule has 0 aliphatic heterocycles. The molecule has 0 radical (unpaired) electrons. The molecular formula is C15H20BrFN4. The van der Waals surface area contributed by atoms with Crippen LogP contribution in [0, 0.1) is 5.82 Å². The molecule has 1 heterocycles. The van der Waals surface area contributed by atoms with Crippen molar-refractivity contribution in [1.82, 2.24) is 15.2 Å². The van der Waals surface area contributed by atoms with Gasteiger partial charge in [-0.15, -0.1) is 0 Å². The van der Waals surface area contributed by atoms with Crippen molar-refractivity contribution in [3.63, 3.8) is 0 Å². The highest BCUT2D eigenvalue weighted by atomic mass is 79.9. The third-order valence-corrected chi connectivity index (χ3v) is 4.26. The number of halogens is 2. The summed E-state index contributed by atoms with van der Waals surface area (Å²) >= 11 is 3.40. The minimum Gasteiger partial charge on any atom is -0.271 e. The first kappa shape index (κ1) is 16.1. The molecule has 4 nitrogen and oxygen atoms in total.